The first-order valence-electron chi connectivity index (χ1n) is 3.55. The smallest absolute Gasteiger partial charge is 0.263 e. The third-order valence-electron chi connectivity index (χ3n) is 1.67. The van der Waals surface area contributed by atoms with Gasteiger partial charge in [0.1, 0.15) is 5.65 Å². The normalized spacial score (nSPS) is 12.3. The maximum absolute atomic E-state index is 12.9. The molecule has 0 aliphatic rings. The first-order chi connectivity index (χ1) is 6.48. The van der Waals surface area contributed by atoms with E-state index in [-0.39, 0.29) is 10.9 Å². The Kier molecular flexibility index (Phi) is 2.19. The lowest BCUT2D eigenvalue weighted by Gasteiger charge is -2.10. The molecule has 0 radical (unpaired) electrons. The van der Waals surface area contributed by atoms with Crippen LogP contribution < -0.4 is 0 Å². The van der Waals surface area contributed by atoms with Crippen molar-refractivity contribution in [2.45, 2.75) is 4.96 Å². The van der Waals surface area contributed by atoms with Crippen molar-refractivity contribution >= 4 is 38.6 Å². The number of aromatic nitrogens is 3. The third kappa shape index (κ3) is 1.59. The van der Waals surface area contributed by atoms with Gasteiger partial charge in [0.05, 0.1) is 0 Å². The Hall–Kier alpha value is -0.750. The summed E-state index contributed by atoms with van der Waals surface area (Å²) < 4.78 is 26.5. The zero-order chi connectivity index (χ0) is 10.3. The fourth-order valence-electron chi connectivity index (χ4n) is 1.10. The molecular formula is C7H3BrClF2N3. The van der Waals surface area contributed by atoms with Crippen molar-refractivity contribution in [1.29, 1.82) is 0 Å². The summed E-state index contributed by atoms with van der Waals surface area (Å²) in [6.07, 6.45) is 2.60. The van der Waals surface area contributed by atoms with Crippen LogP contribution in [-0.4, -0.2) is 14.5 Å². The first kappa shape index (κ1) is 9.79. The average molecular weight is 282 g/mol. The highest BCUT2D eigenvalue weighted by atomic mass is 79.9. The summed E-state index contributed by atoms with van der Waals surface area (Å²) in [6, 6.07) is 1.49. The standard InChI is InChI=1S/C7H3BrClF2N3/c8-7(10,11)14-2-1-4-3-12-6(9)13-5(4)14/h1-3H. The molecule has 0 aliphatic carbocycles. The van der Waals surface area contributed by atoms with Gasteiger partial charge >= 0.3 is 4.96 Å². The molecule has 0 N–H and O–H groups in total. The highest BCUT2D eigenvalue weighted by Crippen LogP contribution is 2.31. The fourth-order valence-corrected chi connectivity index (χ4v) is 1.52. The number of nitrogens with zero attached hydrogens (tertiary/aromatic N) is 3. The second-order valence-electron chi connectivity index (χ2n) is 2.57. The average Bonchev–Trinajstić information content (AvgIpc) is 2.45. The van der Waals surface area contributed by atoms with E-state index < -0.39 is 4.96 Å². The minimum absolute atomic E-state index is 0.0609. The van der Waals surface area contributed by atoms with Crippen LogP contribution in [0.4, 0.5) is 8.78 Å². The molecule has 0 atom stereocenters. The minimum atomic E-state index is -3.17. The fraction of sp³-hybridized carbons (Fsp3) is 0.143. The van der Waals surface area contributed by atoms with Gasteiger partial charge in [0, 0.05) is 33.7 Å². The van der Waals surface area contributed by atoms with Crippen LogP contribution in [0.25, 0.3) is 11.0 Å². The molecule has 0 aliphatic heterocycles. The number of halogens is 4. The van der Waals surface area contributed by atoms with E-state index >= 15 is 0 Å². The highest BCUT2D eigenvalue weighted by molar-refractivity contribution is 9.09. The number of hydrogen-bond donors (Lipinski definition) is 0. The molecular weight excluding hydrogens is 279 g/mol. The van der Waals surface area contributed by atoms with Crippen molar-refractivity contribution in [1.82, 2.24) is 14.5 Å². The predicted molar refractivity (Wildman–Crippen MR) is 51.7 cm³/mol. The second-order valence-corrected chi connectivity index (χ2v) is 3.86. The van der Waals surface area contributed by atoms with Crippen molar-refractivity contribution in [3.8, 4) is 0 Å². The maximum atomic E-state index is 12.9. The van der Waals surface area contributed by atoms with E-state index in [1.165, 1.54) is 18.5 Å². The Bertz CT molecular complexity index is 479. The van der Waals surface area contributed by atoms with E-state index in [1.54, 1.807) is 0 Å². The van der Waals surface area contributed by atoms with Gasteiger partial charge < -0.3 is 0 Å². The molecule has 0 bridgehead atoms. The molecule has 2 aromatic rings. The molecule has 3 nitrogen and oxygen atoms in total. The Morgan fingerprint density at radius 3 is 2.86 bits per heavy atom. The van der Waals surface area contributed by atoms with Gasteiger partial charge in [-0.2, -0.15) is 13.8 Å². The summed E-state index contributed by atoms with van der Waals surface area (Å²) >= 11 is 7.74. The lowest BCUT2D eigenvalue weighted by Crippen LogP contribution is -2.13. The predicted octanol–water partition coefficient (Wildman–Crippen LogP) is 2.99. The second kappa shape index (κ2) is 3.13. The van der Waals surface area contributed by atoms with Gasteiger partial charge in [0.15, 0.2) is 0 Å². The van der Waals surface area contributed by atoms with E-state index in [1.807, 2.05) is 0 Å². The zero-order valence-electron chi connectivity index (χ0n) is 6.59. The molecule has 0 saturated carbocycles. The molecule has 2 rings (SSSR count). The monoisotopic (exact) mass is 281 g/mol. The summed E-state index contributed by atoms with van der Waals surface area (Å²) in [6.45, 7) is 0. The maximum Gasteiger partial charge on any atom is 0.388 e. The zero-order valence-corrected chi connectivity index (χ0v) is 8.93. The van der Waals surface area contributed by atoms with E-state index in [4.69, 9.17) is 11.6 Å². The van der Waals surface area contributed by atoms with E-state index in [2.05, 4.69) is 25.9 Å². The van der Waals surface area contributed by atoms with Crippen LogP contribution in [0.2, 0.25) is 5.28 Å². The largest absolute Gasteiger partial charge is 0.388 e. The number of alkyl halides is 3. The van der Waals surface area contributed by atoms with Gasteiger partial charge in [0.25, 0.3) is 0 Å². The molecule has 0 aromatic carbocycles. The van der Waals surface area contributed by atoms with Crippen molar-refractivity contribution in [2.24, 2.45) is 0 Å². The first-order valence-corrected chi connectivity index (χ1v) is 4.72. The van der Waals surface area contributed by atoms with Crippen LogP contribution in [0, 0.1) is 0 Å². The molecule has 74 valence electrons. The summed E-state index contributed by atoms with van der Waals surface area (Å²) in [5, 5.41) is 0.447. The van der Waals surface area contributed by atoms with Crippen molar-refractivity contribution in [3.05, 3.63) is 23.7 Å². The highest BCUT2D eigenvalue weighted by Gasteiger charge is 2.28. The Morgan fingerprint density at radius 2 is 2.21 bits per heavy atom. The van der Waals surface area contributed by atoms with Gasteiger partial charge in [-0.1, -0.05) is 0 Å². The molecule has 0 fully saturated rings. The molecule has 0 amide bonds. The summed E-state index contributed by atoms with van der Waals surface area (Å²) in [5.74, 6) is 0. The van der Waals surface area contributed by atoms with Gasteiger partial charge in [0.2, 0.25) is 5.28 Å². The van der Waals surface area contributed by atoms with Crippen molar-refractivity contribution in [2.75, 3.05) is 0 Å². The van der Waals surface area contributed by atoms with Crippen LogP contribution in [0.1, 0.15) is 0 Å². The summed E-state index contributed by atoms with van der Waals surface area (Å²) in [5.41, 5.74) is 0.0897. The molecule has 2 aromatic heterocycles. The lowest BCUT2D eigenvalue weighted by atomic mass is 10.4. The number of rotatable bonds is 1. The van der Waals surface area contributed by atoms with Gasteiger partial charge in [-0.25, -0.2) is 4.98 Å². The third-order valence-corrected chi connectivity index (χ3v) is 2.24. The van der Waals surface area contributed by atoms with Crippen molar-refractivity contribution in [3.63, 3.8) is 0 Å². The molecule has 0 unspecified atom stereocenters. The summed E-state index contributed by atoms with van der Waals surface area (Å²) in [7, 11) is 0. The van der Waals surface area contributed by atoms with Crippen LogP contribution in [0.15, 0.2) is 18.5 Å². The minimum Gasteiger partial charge on any atom is -0.263 e. The van der Waals surface area contributed by atoms with E-state index in [9.17, 15) is 8.78 Å². The topological polar surface area (TPSA) is 30.7 Å². The van der Waals surface area contributed by atoms with Gasteiger partial charge in [-0.15, -0.1) is 0 Å². The van der Waals surface area contributed by atoms with Crippen LogP contribution in [0.5, 0.6) is 0 Å². The van der Waals surface area contributed by atoms with Gasteiger partial charge in [-0.3, -0.25) is 4.57 Å². The van der Waals surface area contributed by atoms with Crippen LogP contribution >= 0.6 is 27.5 Å². The summed E-state index contributed by atoms with van der Waals surface area (Å²) in [4.78, 5) is 4.22. The number of fused-ring (bicyclic) bond motifs is 1. The molecule has 2 heterocycles. The van der Waals surface area contributed by atoms with Crippen LogP contribution in [0.3, 0.4) is 0 Å². The molecule has 14 heavy (non-hydrogen) atoms. The Balaban J connectivity index is 2.73. The van der Waals surface area contributed by atoms with Gasteiger partial charge in [-0.05, 0) is 17.7 Å². The van der Waals surface area contributed by atoms with E-state index in [0.29, 0.717) is 9.95 Å². The molecule has 0 saturated heterocycles. The molecule has 0 spiro atoms. The Morgan fingerprint density at radius 1 is 1.50 bits per heavy atom. The van der Waals surface area contributed by atoms with Crippen molar-refractivity contribution < 1.29 is 8.78 Å². The van der Waals surface area contributed by atoms with Crippen LogP contribution in [-0.2, 0) is 4.96 Å². The molecule has 7 heteroatoms. The Labute approximate surface area is 90.8 Å². The van der Waals surface area contributed by atoms with E-state index in [0.717, 1.165) is 0 Å². The SMILES string of the molecule is FC(F)(Br)n1ccc2cnc(Cl)nc21. The quantitative estimate of drug-likeness (QED) is 0.595. The lowest BCUT2D eigenvalue weighted by molar-refractivity contribution is 0.0374. The number of hydrogen-bond acceptors (Lipinski definition) is 2.